The van der Waals surface area contributed by atoms with Crippen molar-refractivity contribution in [3.05, 3.63) is 29.8 Å². The molecule has 0 radical (unpaired) electrons. The molecule has 2 N–H and O–H groups in total. The van der Waals surface area contributed by atoms with E-state index < -0.39 is 18.0 Å². The molecule has 1 saturated heterocycles. The summed E-state index contributed by atoms with van der Waals surface area (Å²) in [6, 6.07) is 6.97. The summed E-state index contributed by atoms with van der Waals surface area (Å²) in [5.74, 6) is -0.804. The molecule has 0 bridgehead atoms. The molecule has 1 unspecified atom stereocenters. The number of piperidine rings is 1. The van der Waals surface area contributed by atoms with E-state index in [0.717, 1.165) is 18.4 Å². The van der Waals surface area contributed by atoms with E-state index in [4.69, 9.17) is 9.84 Å². The number of nitrogens with one attached hydrogen (secondary N) is 1. The van der Waals surface area contributed by atoms with Gasteiger partial charge in [-0.2, -0.15) is 0 Å². The molecule has 0 aliphatic carbocycles. The lowest BCUT2D eigenvalue weighted by molar-refractivity contribution is -0.143. The van der Waals surface area contributed by atoms with E-state index in [9.17, 15) is 14.4 Å². The van der Waals surface area contributed by atoms with Crippen LogP contribution in [0.1, 0.15) is 39.2 Å². The van der Waals surface area contributed by atoms with Crippen LogP contribution in [0.15, 0.2) is 24.3 Å². The van der Waals surface area contributed by atoms with E-state index in [1.807, 2.05) is 26.8 Å². The van der Waals surface area contributed by atoms with E-state index in [-0.39, 0.29) is 17.7 Å². The van der Waals surface area contributed by atoms with Gasteiger partial charge in [-0.3, -0.25) is 9.59 Å². The van der Waals surface area contributed by atoms with Gasteiger partial charge in [-0.25, -0.2) is 4.79 Å². The van der Waals surface area contributed by atoms with Crippen molar-refractivity contribution in [1.82, 2.24) is 10.2 Å². The number of carbonyl (C=O) groups excluding carboxylic acids is 2. The number of amides is 2. The van der Waals surface area contributed by atoms with Crippen molar-refractivity contribution >= 4 is 17.8 Å². The molecule has 27 heavy (non-hydrogen) atoms. The van der Waals surface area contributed by atoms with Gasteiger partial charge in [-0.05, 0) is 30.5 Å². The van der Waals surface area contributed by atoms with Crippen LogP contribution in [0.5, 0.6) is 5.75 Å². The highest BCUT2D eigenvalue weighted by Crippen LogP contribution is 2.23. The summed E-state index contributed by atoms with van der Waals surface area (Å²) in [4.78, 5) is 37.3. The van der Waals surface area contributed by atoms with E-state index in [2.05, 4.69) is 5.32 Å². The average molecular weight is 376 g/mol. The third kappa shape index (κ3) is 6.27. The first kappa shape index (κ1) is 20.7. The van der Waals surface area contributed by atoms with E-state index in [1.165, 1.54) is 0 Å². The molecular weight excluding hydrogens is 348 g/mol. The third-order valence-corrected chi connectivity index (χ3v) is 4.45. The molecule has 1 aromatic rings. The Morgan fingerprint density at radius 2 is 2.04 bits per heavy atom. The van der Waals surface area contributed by atoms with Crippen molar-refractivity contribution in [2.75, 3.05) is 19.7 Å². The van der Waals surface area contributed by atoms with Crippen LogP contribution < -0.4 is 10.1 Å². The number of carbonyl (C=O) groups is 3. The molecule has 2 rings (SSSR count). The maximum atomic E-state index is 12.5. The van der Waals surface area contributed by atoms with Crippen LogP contribution in [0.3, 0.4) is 0 Å². The Balaban J connectivity index is 1.89. The van der Waals surface area contributed by atoms with Crippen LogP contribution in [0.2, 0.25) is 0 Å². The second-order valence-corrected chi connectivity index (χ2v) is 7.89. The number of hydrogen-bond donors (Lipinski definition) is 2. The Kier molecular flexibility index (Phi) is 6.82. The van der Waals surface area contributed by atoms with Crippen molar-refractivity contribution < 1.29 is 24.2 Å². The Labute approximate surface area is 159 Å². The average Bonchev–Trinajstić information content (AvgIpc) is 2.63. The molecule has 148 valence electrons. The first-order valence-electron chi connectivity index (χ1n) is 9.17. The lowest BCUT2D eigenvalue weighted by atomic mass is 9.91. The van der Waals surface area contributed by atoms with Gasteiger partial charge in [0.25, 0.3) is 0 Å². The molecule has 1 aliphatic rings. The molecule has 1 aromatic carbocycles. The van der Waals surface area contributed by atoms with Crippen LogP contribution >= 0.6 is 0 Å². The normalized spacial score (nSPS) is 17.3. The maximum Gasteiger partial charge on any atom is 0.341 e. The topological polar surface area (TPSA) is 95.9 Å². The van der Waals surface area contributed by atoms with Gasteiger partial charge in [-0.1, -0.05) is 32.9 Å². The zero-order valence-corrected chi connectivity index (χ0v) is 16.2. The number of carboxylic acid groups (broad SMARTS) is 1. The summed E-state index contributed by atoms with van der Waals surface area (Å²) < 4.78 is 5.15. The van der Waals surface area contributed by atoms with E-state index >= 15 is 0 Å². The van der Waals surface area contributed by atoms with E-state index in [1.54, 1.807) is 23.1 Å². The molecule has 0 spiro atoms. The fraction of sp³-hybridized carbons (Fsp3) is 0.550. The van der Waals surface area contributed by atoms with Gasteiger partial charge < -0.3 is 20.1 Å². The Morgan fingerprint density at radius 1 is 1.30 bits per heavy atom. The molecule has 1 atom stereocenters. The quantitative estimate of drug-likeness (QED) is 0.792. The lowest BCUT2D eigenvalue weighted by Gasteiger charge is -2.35. The smallest absolute Gasteiger partial charge is 0.341 e. The number of rotatable bonds is 6. The molecular formula is C20H28N2O5. The number of hydrogen-bond acceptors (Lipinski definition) is 4. The van der Waals surface area contributed by atoms with Gasteiger partial charge in [0.1, 0.15) is 5.75 Å². The number of likely N-dealkylation sites (tertiary alicyclic amines) is 1. The Bertz CT molecular complexity index is 696. The molecule has 2 amide bonds. The first-order chi connectivity index (χ1) is 12.7. The van der Waals surface area contributed by atoms with Crippen LogP contribution in [-0.2, 0) is 20.9 Å². The van der Waals surface area contributed by atoms with Crippen LogP contribution in [0.4, 0.5) is 0 Å². The summed E-state index contributed by atoms with van der Waals surface area (Å²) >= 11 is 0. The minimum Gasteiger partial charge on any atom is -0.482 e. The maximum absolute atomic E-state index is 12.5. The monoisotopic (exact) mass is 376 g/mol. The lowest BCUT2D eigenvalue weighted by Crippen LogP contribution is -2.48. The molecule has 7 heteroatoms. The molecule has 1 heterocycles. The Hall–Kier alpha value is -2.57. The highest BCUT2D eigenvalue weighted by atomic mass is 16.5. The van der Waals surface area contributed by atoms with Gasteiger partial charge in [-0.15, -0.1) is 0 Å². The standard InChI is InChI=1S/C20H28N2O5/c1-20(2,3)19(26)22-9-5-7-15(12-22)18(25)21-11-14-6-4-8-16(10-14)27-13-17(23)24/h4,6,8,10,15H,5,7,9,11-13H2,1-3H3,(H,21,25)(H,23,24). The molecule has 1 fully saturated rings. The number of aliphatic carboxylic acids is 1. The number of benzene rings is 1. The summed E-state index contributed by atoms with van der Waals surface area (Å²) in [5.41, 5.74) is 0.374. The third-order valence-electron chi connectivity index (χ3n) is 4.45. The minimum atomic E-state index is -1.04. The number of carboxylic acids is 1. The number of ether oxygens (including phenoxy) is 1. The second-order valence-electron chi connectivity index (χ2n) is 7.89. The predicted octanol–water partition coefficient (Wildman–Crippen LogP) is 2.05. The SMILES string of the molecule is CC(C)(C)C(=O)N1CCCC(C(=O)NCc2cccc(OCC(=O)O)c2)C1. The van der Waals surface area contributed by atoms with Crippen molar-refractivity contribution in [3.8, 4) is 5.75 Å². The van der Waals surface area contributed by atoms with Gasteiger partial charge in [0, 0.05) is 25.0 Å². The van der Waals surface area contributed by atoms with E-state index in [0.29, 0.717) is 25.4 Å². The van der Waals surface area contributed by atoms with Crippen molar-refractivity contribution in [3.63, 3.8) is 0 Å². The van der Waals surface area contributed by atoms with Crippen LogP contribution in [0.25, 0.3) is 0 Å². The van der Waals surface area contributed by atoms with Crippen molar-refractivity contribution in [2.45, 2.75) is 40.2 Å². The molecule has 1 aliphatic heterocycles. The van der Waals surface area contributed by atoms with Crippen LogP contribution in [-0.4, -0.2) is 47.5 Å². The van der Waals surface area contributed by atoms with Gasteiger partial charge >= 0.3 is 5.97 Å². The van der Waals surface area contributed by atoms with Crippen molar-refractivity contribution in [1.29, 1.82) is 0 Å². The minimum absolute atomic E-state index is 0.0710. The van der Waals surface area contributed by atoms with Gasteiger partial charge in [0.15, 0.2) is 6.61 Å². The number of nitrogens with zero attached hydrogens (tertiary/aromatic N) is 1. The Morgan fingerprint density at radius 3 is 2.70 bits per heavy atom. The summed E-state index contributed by atoms with van der Waals surface area (Å²) in [7, 11) is 0. The summed E-state index contributed by atoms with van der Waals surface area (Å²) in [5, 5.41) is 11.6. The van der Waals surface area contributed by atoms with Crippen LogP contribution in [0, 0.1) is 11.3 Å². The fourth-order valence-electron chi connectivity index (χ4n) is 3.07. The van der Waals surface area contributed by atoms with Crippen molar-refractivity contribution in [2.24, 2.45) is 11.3 Å². The largest absolute Gasteiger partial charge is 0.482 e. The second kappa shape index (κ2) is 8.88. The fourth-order valence-corrected chi connectivity index (χ4v) is 3.07. The molecule has 0 saturated carbocycles. The highest BCUT2D eigenvalue weighted by molar-refractivity contribution is 5.83. The predicted molar refractivity (Wildman–Crippen MR) is 100 cm³/mol. The summed E-state index contributed by atoms with van der Waals surface area (Å²) in [6.45, 7) is 6.73. The highest BCUT2D eigenvalue weighted by Gasteiger charge is 2.33. The molecule has 0 aromatic heterocycles. The zero-order valence-electron chi connectivity index (χ0n) is 16.2. The van der Waals surface area contributed by atoms with Gasteiger partial charge in [0.05, 0.1) is 5.92 Å². The van der Waals surface area contributed by atoms with Gasteiger partial charge in [0.2, 0.25) is 11.8 Å². The summed E-state index contributed by atoms with van der Waals surface area (Å²) in [6.07, 6.45) is 1.58. The zero-order chi connectivity index (χ0) is 20.0. The first-order valence-corrected chi connectivity index (χ1v) is 9.17. The molecule has 7 nitrogen and oxygen atoms in total.